The second-order valence-corrected chi connectivity index (χ2v) is 5.86. The molecule has 1 amide bonds. The van der Waals surface area contributed by atoms with E-state index in [0.29, 0.717) is 40.9 Å². The predicted octanol–water partition coefficient (Wildman–Crippen LogP) is 3.24. The maximum absolute atomic E-state index is 12.8. The normalized spacial score (nSPS) is 10.4. The topological polar surface area (TPSA) is 87.5 Å². The third-order valence-electron chi connectivity index (χ3n) is 4.16. The van der Waals surface area contributed by atoms with E-state index in [9.17, 15) is 4.79 Å². The highest BCUT2D eigenvalue weighted by atomic mass is 16.5. The molecule has 28 heavy (non-hydrogen) atoms. The van der Waals surface area contributed by atoms with Gasteiger partial charge in [0.2, 0.25) is 0 Å². The molecular formula is C20H22N4O4. The number of nitrogens with zero attached hydrogens (tertiary/aromatic N) is 3. The zero-order valence-corrected chi connectivity index (χ0v) is 16.2. The number of carbonyl (C=O) groups is 1. The summed E-state index contributed by atoms with van der Waals surface area (Å²) in [5.74, 6) is 1.38. The molecule has 8 nitrogen and oxygen atoms in total. The Morgan fingerprint density at radius 1 is 1.11 bits per heavy atom. The Morgan fingerprint density at radius 3 is 2.61 bits per heavy atom. The van der Waals surface area contributed by atoms with E-state index in [0.717, 1.165) is 0 Å². The van der Waals surface area contributed by atoms with E-state index >= 15 is 0 Å². The fourth-order valence-corrected chi connectivity index (χ4v) is 2.77. The number of amides is 1. The van der Waals surface area contributed by atoms with Crippen molar-refractivity contribution in [1.82, 2.24) is 15.0 Å². The lowest BCUT2D eigenvalue weighted by Crippen LogP contribution is -2.15. The number of carbonyl (C=O) groups excluding carboxylic acids is 1. The van der Waals surface area contributed by atoms with E-state index < -0.39 is 5.91 Å². The van der Waals surface area contributed by atoms with Crippen LogP contribution in [-0.4, -0.2) is 41.7 Å². The summed E-state index contributed by atoms with van der Waals surface area (Å²) in [6.45, 7) is 4.21. The Bertz CT molecular complexity index is 984. The Labute approximate surface area is 163 Å². The van der Waals surface area contributed by atoms with Gasteiger partial charge in [0.05, 0.1) is 32.2 Å². The standard InChI is InChI=1S/C20H22N4O4/c1-5-28-18-9-7-6-8-16(18)24-13(2)19(22-23-24)20(25)21-15-12-14(26-3)10-11-17(15)27-4/h6-12H,5H2,1-4H3,(H,21,25). The lowest BCUT2D eigenvalue weighted by atomic mass is 10.2. The number of rotatable bonds is 7. The van der Waals surface area contributed by atoms with Crippen LogP contribution in [0.2, 0.25) is 0 Å². The smallest absolute Gasteiger partial charge is 0.278 e. The molecule has 0 unspecified atom stereocenters. The molecule has 0 atom stereocenters. The number of hydrogen-bond acceptors (Lipinski definition) is 6. The van der Waals surface area contributed by atoms with E-state index in [2.05, 4.69) is 15.6 Å². The average Bonchev–Trinajstić information content (AvgIpc) is 3.10. The summed E-state index contributed by atoms with van der Waals surface area (Å²) in [6, 6.07) is 12.6. The minimum Gasteiger partial charge on any atom is -0.497 e. The van der Waals surface area contributed by atoms with Gasteiger partial charge in [0.1, 0.15) is 22.9 Å². The summed E-state index contributed by atoms with van der Waals surface area (Å²) in [7, 11) is 3.09. The van der Waals surface area contributed by atoms with Gasteiger partial charge in [0.25, 0.3) is 5.91 Å². The van der Waals surface area contributed by atoms with Crippen LogP contribution in [0.4, 0.5) is 5.69 Å². The van der Waals surface area contributed by atoms with Crippen LogP contribution in [0.15, 0.2) is 42.5 Å². The number of para-hydroxylation sites is 2. The van der Waals surface area contributed by atoms with Gasteiger partial charge < -0.3 is 19.5 Å². The first-order chi connectivity index (χ1) is 13.6. The zero-order chi connectivity index (χ0) is 20.1. The van der Waals surface area contributed by atoms with Gasteiger partial charge >= 0.3 is 0 Å². The Hall–Kier alpha value is -3.55. The fraction of sp³-hybridized carbons (Fsp3) is 0.250. The van der Waals surface area contributed by atoms with E-state index in [1.807, 2.05) is 31.2 Å². The van der Waals surface area contributed by atoms with Gasteiger partial charge in [0.15, 0.2) is 5.69 Å². The summed E-state index contributed by atoms with van der Waals surface area (Å²) in [5, 5.41) is 11.0. The van der Waals surface area contributed by atoms with Gasteiger partial charge in [-0.15, -0.1) is 5.10 Å². The molecule has 0 aliphatic heterocycles. The molecule has 0 radical (unpaired) electrons. The first-order valence-electron chi connectivity index (χ1n) is 8.76. The number of benzene rings is 2. The molecule has 0 fully saturated rings. The summed E-state index contributed by atoms with van der Waals surface area (Å²) in [4.78, 5) is 12.8. The van der Waals surface area contributed by atoms with Gasteiger partial charge in [-0.1, -0.05) is 17.3 Å². The third kappa shape index (κ3) is 3.75. The number of hydrogen-bond donors (Lipinski definition) is 1. The van der Waals surface area contributed by atoms with Gasteiger partial charge in [-0.2, -0.15) is 0 Å². The number of nitrogens with one attached hydrogen (secondary N) is 1. The lowest BCUT2D eigenvalue weighted by molar-refractivity contribution is 0.102. The van der Waals surface area contributed by atoms with Gasteiger partial charge in [-0.05, 0) is 38.1 Å². The maximum Gasteiger partial charge on any atom is 0.278 e. The summed E-state index contributed by atoms with van der Waals surface area (Å²) in [5.41, 5.74) is 1.99. The van der Waals surface area contributed by atoms with E-state index in [4.69, 9.17) is 14.2 Å². The van der Waals surface area contributed by atoms with Crippen molar-refractivity contribution in [2.24, 2.45) is 0 Å². The first-order valence-corrected chi connectivity index (χ1v) is 8.76. The molecule has 0 aliphatic rings. The largest absolute Gasteiger partial charge is 0.497 e. The molecule has 146 valence electrons. The average molecular weight is 382 g/mol. The van der Waals surface area contributed by atoms with Gasteiger partial charge in [0, 0.05) is 6.07 Å². The lowest BCUT2D eigenvalue weighted by Gasteiger charge is -2.12. The van der Waals surface area contributed by atoms with Crippen molar-refractivity contribution >= 4 is 11.6 Å². The van der Waals surface area contributed by atoms with Crippen LogP contribution in [0.3, 0.4) is 0 Å². The van der Waals surface area contributed by atoms with Gasteiger partial charge in [-0.25, -0.2) is 4.68 Å². The van der Waals surface area contributed by atoms with Crippen LogP contribution >= 0.6 is 0 Å². The first kappa shape index (κ1) is 19.2. The summed E-state index contributed by atoms with van der Waals surface area (Å²) >= 11 is 0. The molecule has 0 aliphatic carbocycles. The fourth-order valence-electron chi connectivity index (χ4n) is 2.77. The van der Waals surface area contributed by atoms with Crippen LogP contribution < -0.4 is 19.5 Å². The summed E-state index contributed by atoms with van der Waals surface area (Å²) < 4.78 is 17.7. The van der Waals surface area contributed by atoms with Crippen LogP contribution in [0.5, 0.6) is 17.2 Å². The molecule has 1 N–H and O–H groups in total. The zero-order valence-electron chi connectivity index (χ0n) is 16.2. The Balaban J connectivity index is 1.92. The van der Waals surface area contributed by atoms with Crippen LogP contribution in [0.25, 0.3) is 5.69 Å². The molecule has 3 rings (SSSR count). The number of anilines is 1. The highest BCUT2D eigenvalue weighted by Gasteiger charge is 2.20. The highest BCUT2D eigenvalue weighted by molar-refractivity contribution is 6.04. The molecule has 8 heteroatoms. The number of methoxy groups -OCH3 is 2. The number of ether oxygens (including phenoxy) is 3. The van der Waals surface area contributed by atoms with Crippen molar-refractivity contribution in [2.75, 3.05) is 26.1 Å². The molecule has 3 aromatic rings. The molecule has 0 spiro atoms. The minimum atomic E-state index is -0.399. The summed E-state index contributed by atoms with van der Waals surface area (Å²) in [6.07, 6.45) is 0. The second-order valence-electron chi connectivity index (χ2n) is 5.86. The quantitative estimate of drug-likeness (QED) is 0.675. The van der Waals surface area contributed by atoms with E-state index in [-0.39, 0.29) is 5.69 Å². The Morgan fingerprint density at radius 2 is 1.89 bits per heavy atom. The SMILES string of the molecule is CCOc1ccccc1-n1nnc(C(=O)Nc2cc(OC)ccc2OC)c1C. The van der Waals surface area contributed by atoms with Crippen LogP contribution in [0, 0.1) is 6.92 Å². The second kappa shape index (κ2) is 8.43. The third-order valence-corrected chi connectivity index (χ3v) is 4.16. The van der Waals surface area contributed by atoms with Gasteiger partial charge in [-0.3, -0.25) is 4.79 Å². The van der Waals surface area contributed by atoms with Crippen molar-refractivity contribution in [3.63, 3.8) is 0 Å². The van der Waals surface area contributed by atoms with E-state index in [1.54, 1.807) is 36.9 Å². The molecule has 0 saturated carbocycles. The van der Waals surface area contributed by atoms with Crippen molar-refractivity contribution in [2.45, 2.75) is 13.8 Å². The van der Waals surface area contributed by atoms with Crippen molar-refractivity contribution in [3.05, 3.63) is 53.9 Å². The van der Waals surface area contributed by atoms with Crippen LogP contribution in [-0.2, 0) is 0 Å². The molecule has 2 aromatic carbocycles. The maximum atomic E-state index is 12.8. The highest BCUT2D eigenvalue weighted by Crippen LogP contribution is 2.30. The predicted molar refractivity (Wildman–Crippen MR) is 105 cm³/mol. The van der Waals surface area contributed by atoms with Crippen molar-refractivity contribution in [3.8, 4) is 22.9 Å². The molecule has 1 aromatic heterocycles. The molecule has 0 saturated heterocycles. The Kier molecular flexibility index (Phi) is 5.78. The monoisotopic (exact) mass is 382 g/mol. The molecular weight excluding hydrogens is 360 g/mol. The van der Waals surface area contributed by atoms with E-state index in [1.165, 1.54) is 7.11 Å². The minimum absolute atomic E-state index is 0.205. The number of aromatic nitrogens is 3. The van der Waals surface area contributed by atoms with Crippen LogP contribution in [0.1, 0.15) is 23.1 Å². The molecule has 0 bridgehead atoms. The molecule has 1 heterocycles. The van der Waals surface area contributed by atoms with Crippen molar-refractivity contribution < 1.29 is 19.0 Å². The van der Waals surface area contributed by atoms with Crippen molar-refractivity contribution in [1.29, 1.82) is 0 Å².